The highest BCUT2D eigenvalue weighted by atomic mass is 32.1. The molecule has 1 aliphatic rings. The molecule has 0 saturated carbocycles. The Morgan fingerprint density at radius 1 is 1.19 bits per heavy atom. The van der Waals surface area contributed by atoms with E-state index in [2.05, 4.69) is 4.98 Å². The van der Waals surface area contributed by atoms with Crippen LogP contribution in [0.25, 0.3) is 4.96 Å². The van der Waals surface area contributed by atoms with E-state index in [1.807, 2.05) is 30.3 Å². The molecule has 0 radical (unpaired) electrons. The largest absolute Gasteiger partial charge is 0.335 e. The lowest BCUT2D eigenvalue weighted by molar-refractivity contribution is -0.155. The van der Waals surface area contributed by atoms with E-state index in [4.69, 9.17) is 0 Å². The number of likely N-dealkylation sites (N-methyl/N-ethyl adjacent to an activating group) is 1. The van der Waals surface area contributed by atoms with Crippen molar-refractivity contribution >= 4 is 28.1 Å². The summed E-state index contributed by atoms with van der Waals surface area (Å²) < 4.78 is 1.46. The first kappa shape index (κ1) is 17.4. The van der Waals surface area contributed by atoms with Crippen LogP contribution in [0, 0.1) is 0 Å². The van der Waals surface area contributed by atoms with Gasteiger partial charge in [0.25, 0.3) is 5.56 Å². The van der Waals surface area contributed by atoms with Crippen LogP contribution in [-0.2, 0) is 22.6 Å². The van der Waals surface area contributed by atoms with E-state index in [1.54, 1.807) is 23.5 Å². The maximum absolute atomic E-state index is 12.8. The van der Waals surface area contributed by atoms with Gasteiger partial charge in [-0.25, -0.2) is 4.98 Å². The van der Waals surface area contributed by atoms with Crippen molar-refractivity contribution in [2.45, 2.75) is 19.0 Å². The van der Waals surface area contributed by atoms with Crippen molar-refractivity contribution in [1.82, 2.24) is 19.2 Å². The molecule has 0 unspecified atom stereocenters. The van der Waals surface area contributed by atoms with Gasteiger partial charge in [0.2, 0.25) is 11.8 Å². The van der Waals surface area contributed by atoms with Crippen LogP contribution in [0.15, 0.2) is 52.8 Å². The number of carbonyl (C=O) groups excluding carboxylic acids is 2. The smallest absolute Gasteiger partial charge is 0.258 e. The third kappa shape index (κ3) is 3.35. The number of aromatic nitrogens is 2. The van der Waals surface area contributed by atoms with E-state index >= 15 is 0 Å². The van der Waals surface area contributed by atoms with Crippen LogP contribution < -0.4 is 5.56 Å². The van der Waals surface area contributed by atoms with E-state index in [9.17, 15) is 14.4 Å². The zero-order valence-electron chi connectivity index (χ0n) is 14.7. The molecule has 1 fully saturated rings. The Labute approximate surface area is 159 Å². The van der Waals surface area contributed by atoms with Gasteiger partial charge in [-0.3, -0.25) is 18.8 Å². The highest BCUT2D eigenvalue weighted by Gasteiger charge is 2.38. The van der Waals surface area contributed by atoms with Gasteiger partial charge in [-0.2, -0.15) is 0 Å². The topological polar surface area (TPSA) is 75.0 Å². The minimum absolute atomic E-state index is 0.0321. The fraction of sp³-hybridized carbons (Fsp3) is 0.263. The van der Waals surface area contributed by atoms with E-state index in [0.29, 0.717) is 17.1 Å². The van der Waals surface area contributed by atoms with E-state index in [0.717, 1.165) is 5.56 Å². The summed E-state index contributed by atoms with van der Waals surface area (Å²) in [4.78, 5) is 45.7. The minimum Gasteiger partial charge on any atom is -0.335 e. The number of hydrogen-bond acceptors (Lipinski definition) is 5. The molecule has 3 aromatic rings. The number of hydrogen-bond donors (Lipinski definition) is 0. The van der Waals surface area contributed by atoms with Crippen molar-refractivity contribution in [3.8, 4) is 0 Å². The van der Waals surface area contributed by atoms with Gasteiger partial charge in [0.1, 0.15) is 6.04 Å². The molecule has 1 atom stereocenters. The number of fused-ring (bicyclic) bond motifs is 1. The average Bonchev–Trinajstić information content (AvgIpc) is 3.13. The molecule has 0 bridgehead atoms. The number of thiazole rings is 1. The Hall–Kier alpha value is -3.00. The van der Waals surface area contributed by atoms with Crippen molar-refractivity contribution in [2.75, 3.05) is 13.6 Å². The van der Waals surface area contributed by atoms with Gasteiger partial charge < -0.3 is 9.80 Å². The lowest BCUT2D eigenvalue weighted by Crippen LogP contribution is -2.59. The molecule has 4 rings (SSSR count). The number of piperazine rings is 1. The maximum Gasteiger partial charge on any atom is 0.258 e. The summed E-state index contributed by atoms with van der Waals surface area (Å²) in [7, 11) is 1.64. The summed E-state index contributed by atoms with van der Waals surface area (Å²) in [5.74, 6) is -0.251. The minimum atomic E-state index is -0.609. The van der Waals surface area contributed by atoms with Crippen LogP contribution in [0.5, 0.6) is 0 Å². The second-order valence-corrected chi connectivity index (χ2v) is 7.44. The highest BCUT2D eigenvalue weighted by Crippen LogP contribution is 2.19. The Balaban J connectivity index is 1.67. The van der Waals surface area contributed by atoms with Gasteiger partial charge in [0, 0.05) is 31.1 Å². The van der Waals surface area contributed by atoms with Gasteiger partial charge in [-0.15, -0.1) is 11.3 Å². The number of benzene rings is 1. The first-order valence-corrected chi connectivity index (χ1v) is 9.45. The van der Waals surface area contributed by atoms with Gasteiger partial charge in [0.05, 0.1) is 18.8 Å². The molecule has 1 aromatic carbocycles. The van der Waals surface area contributed by atoms with E-state index < -0.39 is 6.04 Å². The molecule has 0 N–H and O–H groups in total. The van der Waals surface area contributed by atoms with Crippen LogP contribution in [-0.4, -0.2) is 50.6 Å². The van der Waals surface area contributed by atoms with Crippen LogP contribution >= 0.6 is 11.3 Å². The molecule has 8 heteroatoms. The van der Waals surface area contributed by atoms with Crippen molar-refractivity contribution in [3.63, 3.8) is 0 Å². The molecule has 138 valence electrons. The fourth-order valence-electron chi connectivity index (χ4n) is 3.31. The summed E-state index contributed by atoms with van der Waals surface area (Å²) in [6, 6.07) is 10.4. The lowest BCUT2D eigenvalue weighted by Gasteiger charge is -2.38. The Morgan fingerprint density at radius 3 is 2.74 bits per heavy atom. The number of amides is 2. The van der Waals surface area contributed by atoms with E-state index in [-0.39, 0.29) is 30.5 Å². The predicted octanol–water partition coefficient (Wildman–Crippen LogP) is 1.17. The van der Waals surface area contributed by atoms with E-state index in [1.165, 1.54) is 26.7 Å². The summed E-state index contributed by atoms with van der Waals surface area (Å²) in [6.07, 6.45) is 2.10. The summed E-state index contributed by atoms with van der Waals surface area (Å²) in [5, 5.41) is 1.79. The molecule has 1 aliphatic heterocycles. The number of rotatable bonds is 4. The third-order valence-electron chi connectivity index (χ3n) is 4.69. The summed E-state index contributed by atoms with van der Waals surface area (Å²) in [6.45, 7) is 0.171. The molecule has 3 heterocycles. The summed E-state index contributed by atoms with van der Waals surface area (Å²) >= 11 is 1.36. The zero-order chi connectivity index (χ0) is 19.0. The van der Waals surface area contributed by atoms with Gasteiger partial charge in [-0.05, 0) is 5.56 Å². The molecule has 7 nitrogen and oxygen atoms in total. The fourth-order valence-corrected chi connectivity index (χ4v) is 4.05. The molecular formula is C19H18N4O3S. The quantitative estimate of drug-likeness (QED) is 0.679. The van der Waals surface area contributed by atoms with Crippen molar-refractivity contribution in [1.29, 1.82) is 0 Å². The van der Waals surface area contributed by atoms with Gasteiger partial charge >= 0.3 is 0 Å². The Morgan fingerprint density at radius 2 is 1.96 bits per heavy atom. The Bertz CT molecular complexity index is 1060. The zero-order valence-corrected chi connectivity index (χ0v) is 15.6. The van der Waals surface area contributed by atoms with Crippen LogP contribution in [0.3, 0.4) is 0 Å². The molecule has 27 heavy (non-hydrogen) atoms. The van der Waals surface area contributed by atoms with Crippen LogP contribution in [0.1, 0.15) is 11.3 Å². The van der Waals surface area contributed by atoms with Crippen molar-refractivity contribution in [3.05, 3.63) is 69.6 Å². The lowest BCUT2D eigenvalue weighted by atomic mass is 10.0. The monoisotopic (exact) mass is 382 g/mol. The van der Waals surface area contributed by atoms with Gasteiger partial charge in [0.15, 0.2) is 4.96 Å². The number of nitrogens with zero attached hydrogens (tertiary/aromatic N) is 4. The maximum atomic E-state index is 12.8. The first-order chi connectivity index (χ1) is 13.0. The SMILES string of the molecule is CN1CC(=O)N(Cc2cc(=O)n3ccsc3n2)[C@@H](Cc2ccccc2)C1=O. The molecule has 2 amide bonds. The van der Waals surface area contributed by atoms with Crippen molar-refractivity contribution in [2.24, 2.45) is 0 Å². The molecule has 1 saturated heterocycles. The normalized spacial score (nSPS) is 17.7. The molecule has 2 aromatic heterocycles. The molecular weight excluding hydrogens is 364 g/mol. The highest BCUT2D eigenvalue weighted by molar-refractivity contribution is 7.15. The third-order valence-corrected chi connectivity index (χ3v) is 5.45. The van der Waals surface area contributed by atoms with Gasteiger partial charge in [-0.1, -0.05) is 30.3 Å². The Kier molecular flexibility index (Phi) is 4.49. The standard InChI is InChI=1S/C19H18N4O3S/c1-21-12-17(25)23(15(18(21)26)9-13-5-3-2-4-6-13)11-14-10-16(24)22-7-8-27-19(22)20-14/h2-8,10,15H,9,11-12H2,1H3/t15-/m0/s1. The van der Waals surface area contributed by atoms with Crippen LogP contribution in [0.4, 0.5) is 0 Å². The second kappa shape index (κ2) is 6.96. The van der Waals surface area contributed by atoms with Crippen molar-refractivity contribution < 1.29 is 9.59 Å². The summed E-state index contributed by atoms with van der Waals surface area (Å²) in [5.41, 5.74) is 1.28. The van der Waals surface area contributed by atoms with Crippen LogP contribution in [0.2, 0.25) is 0 Å². The molecule has 0 spiro atoms. The molecule has 0 aliphatic carbocycles. The average molecular weight is 382 g/mol. The predicted molar refractivity (Wildman–Crippen MR) is 101 cm³/mol. The number of carbonyl (C=O) groups is 2. The first-order valence-electron chi connectivity index (χ1n) is 8.57. The second-order valence-electron chi connectivity index (χ2n) is 6.56.